The zero-order chi connectivity index (χ0) is 17.2. The van der Waals surface area contributed by atoms with Crippen LogP contribution in [0, 0.1) is 6.92 Å². The van der Waals surface area contributed by atoms with E-state index in [0.717, 1.165) is 29.8 Å². The molecule has 0 bridgehead atoms. The number of methoxy groups -OCH3 is 1. The van der Waals surface area contributed by atoms with Crippen LogP contribution in [-0.4, -0.2) is 30.9 Å². The van der Waals surface area contributed by atoms with E-state index >= 15 is 0 Å². The molecule has 23 heavy (non-hydrogen) atoms. The maximum absolute atomic E-state index is 11.7. The minimum atomic E-state index is -0.473. The highest BCUT2D eigenvalue weighted by molar-refractivity contribution is 6.31. The van der Waals surface area contributed by atoms with E-state index in [0.29, 0.717) is 11.1 Å². The highest BCUT2D eigenvalue weighted by Crippen LogP contribution is 2.34. The van der Waals surface area contributed by atoms with E-state index in [1.165, 1.54) is 0 Å². The van der Waals surface area contributed by atoms with Crippen molar-refractivity contribution in [1.82, 2.24) is 5.32 Å². The van der Waals surface area contributed by atoms with Crippen LogP contribution in [0.15, 0.2) is 12.1 Å². The average Bonchev–Trinajstić information content (AvgIpc) is 2.37. The number of carbonyl (C=O) groups is 1. The van der Waals surface area contributed by atoms with E-state index in [-0.39, 0.29) is 12.1 Å². The van der Waals surface area contributed by atoms with Gasteiger partial charge in [0, 0.05) is 23.2 Å². The first kappa shape index (κ1) is 17.7. The van der Waals surface area contributed by atoms with Crippen molar-refractivity contribution in [3.8, 4) is 5.75 Å². The maximum atomic E-state index is 11.7. The molecule has 128 valence electrons. The first-order valence-corrected chi connectivity index (χ1v) is 8.16. The topological polar surface area (TPSA) is 59.6 Å². The van der Waals surface area contributed by atoms with Gasteiger partial charge in [0.05, 0.1) is 12.8 Å². The second kappa shape index (κ2) is 6.87. The molecule has 0 atom stereocenters. The van der Waals surface area contributed by atoms with E-state index in [2.05, 4.69) is 10.6 Å². The first-order valence-electron chi connectivity index (χ1n) is 7.78. The molecule has 0 heterocycles. The predicted molar refractivity (Wildman–Crippen MR) is 92.5 cm³/mol. The molecule has 0 aromatic heterocycles. The highest BCUT2D eigenvalue weighted by atomic mass is 35.5. The van der Waals surface area contributed by atoms with Gasteiger partial charge in [0.15, 0.2) is 0 Å². The van der Waals surface area contributed by atoms with Crippen molar-refractivity contribution in [3.05, 3.63) is 22.7 Å². The van der Waals surface area contributed by atoms with Crippen LogP contribution < -0.4 is 15.4 Å². The summed E-state index contributed by atoms with van der Waals surface area (Å²) in [5.41, 5.74) is 1.45. The van der Waals surface area contributed by atoms with Crippen molar-refractivity contribution in [2.75, 3.05) is 12.4 Å². The standard InChI is InChI=1S/C17H25ClN2O3/c1-10-6-14(15(22-5)9-13(10)18)19-11-7-12(8-11)20-16(21)23-17(2,3)4/h6,9,11-12,19H,7-8H2,1-5H3,(H,20,21). The van der Waals surface area contributed by atoms with Crippen LogP contribution in [0.2, 0.25) is 5.02 Å². The van der Waals surface area contributed by atoms with Gasteiger partial charge in [-0.15, -0.1) is 0 Å². The molecule has 0 aliphatic heterocycles. The van der Waals surface area contributed by atoms with Gasteiger partial charge in [-0.1, -0.05) is 11.6 Å². The summed E-state index contributed by atoms with van der Waals surface area (Å²) < 4.78 is 10.6. The minimum Gasteiger partial charge on any atom is -0.495 e. The van der Waals surface area contributed by atoms with Crippen molar-refractivity contribution in [1.29, 1.82) is 0 Å². The third kappa shape index (κ3) is 4.93. The molecule has 2 rings (SSSR count). The number of benzene rings is 1. The smallest absolute Gasteiger partial charge is 0.407 e. The SMILES string of the molecule is COc1cc(Cl)c(C)cc1NC1CC(NC(=O)OC(C)(C)C)C1. The Kier molecular flexibility index (Phi) is 5.30. The number of hydrogen-bond donors (Lipinski definition) is 2. The molecule has 6 heteroatoms. The molecule has 0 saturated heterocycles. The van der Waals surface area contributed by atoms with Crippen LogP contribution in [0.3, 0.4) is 0 Å². The first-order chi connectivity index (χ1) is 10.7. The van der Waals surface area contributed by atoms with Gasteiger partial charge in [0.25, 0.3) is 0 Å². The average molecular weight is 341 g/mol. The molecule has 2 N–H and O–H groups in total. The van der Waals surface area contributed by atoms with E-state index < -0.39 is 5.60 Å². The normalized spacial score (nSPS) is 20.4. The Morgan fingerprint density at radius 1 is 1.26 bits per heavy atom. The number of amides is 1. The van der Waals surface area contributed by atoms with Gasteiger partial charge in [0.2, 0.25) is 0 Å². The number of nitrogens with one attached hydrogen (secondary N) is 2. The number of alkyl carbamates (subject to hydrolysis) is 1. The van der Waals surface area contributed by atoms with Crippen LogP contribution in [0.4, 0.5) is 10.5 Å². The number of halogens is 1. The third-order valence-corrected chi connectivity index (χ3v) is 4.11. The minimum absolute atomic E-state index is 0.141. The molecule has 1 aliphatic rings. The number of hydrogen-bond acceptors (Lipinski definition) is 4. The molecule has 5 nitrogen and oxygen atoms in total. The molecule has 0 unspecified atom stereocenters. The van der Waals surface area contributed by atoms with Gasteiger partial charge < -0.3 is 20.1 Å². The number of ether oxygens (including phenoxy) is 2. The lowest BCUT2D eigenvalue weighted by Gasteiger charge is -2.37. The number of carbonyl (C=O) groups excluding carboxylic acids is 1. The fourth-order valence-corrected chi connectivity index (χ4v) is 2.65. The fourth-order valence-electron chi connectivity index (χ4n) is 2.49. The quantitative estimate of drug-likeness (QED) is 0.865. The van der Waals surface area contributed by atoms with Gasteiger partial charge in [-0.05, 0) is 52.2 Å². The summed E-state index contributed by atoms with van der Waals surface area (Å²) in [6.07, 6.45) is 1.34. The summed E-state index contributed by atoms with van der Waals surface area (Å²) in [6.45, 7) is 7.52. The van der Waals surface area contributed by atoms with Crippen molar-refractivity contribution in [2.45, 2.75) is 58.2 Å². The molecule has 1 aliphatic carbocycles. The van der Waals surface area contributed by atoms with Crippen molar-refractivity contribution in [3.63, 3.8) is 0 Å². The number of rotatable bonds is 4. The molecular weight excluding hydrogens is 316 g/mol. The van der Waals surface area contributed by atoms with E-state index in [9.17, 15) is 4.79 Å². The lowest BCUT2D eigenvalue weighted by molar-refractivity contribution is 0.0475. The Balaban J connectivity index is 1.85. The third-order valence-electron chi connectivity index (χ3n) is 3.70. The van der Waals surface area contributed by atoms with Gasteiger partial charge in [-0.2, -0.15) is 0 Å². The van der Waals surface area contributed by atoms with E-state index in [1.54, 1.807) is 7.11 Å². The second-order valence-corrected chi connectivity index (χ2v) is 7.36. The zero-order valence-electron chi connectivity index (χ0n) is 14.3. The molecule has 1 aromatic rings. The van der Waals surface area contributed by atoms with Crippen LogP contribution in [0.25, 0.3) is 0 Å². The summed E-state index contributed by atoms with van der Waals surface area (Å²) >= 11 is 6.11. The summed E-state index contributed by atoms with van der Waals surface area (Å²) in [6, 6.07) is 4.23. The molecular formula is C17H25ClN2O3. The van der Waals surface area contributed by atoms with Crippen molar-refractivity contribution < 1.29 is 14.3 Å². The van der Waals surface area contributed by atoms with Crippen LogP contribution in [0.1, 0.15) is 39.2 Å². The van der Waals surface area contributed by atoms with Crippen LogP contribution in [-0.2, 0) is 4.74 Å². The van der Waals surface area contributed by atoms with Gasteiger partial charge in [-0.3, -0.25) is 0 Å². The lowest BCUT2D eigenvalue weighted by atomic mass is 9.86. The summed E-state index contributed by atoms with van der Waals surface area (Å²) in [5, 5.41) is 7.01. The maximum Gasteiger partial charge on any atom is 0.407 e. The fraction of sp³-hybridized carbons (Fsp3) is 0.588. The summed E-state index contributed by atoms with van der Waals surface area (Å²) in [4.78, 5) is 11.7. The zero-order valence-corrected chi connectivity index (χ0v) is 15.1. The summed E-state index contributed by atoms with van der Waals surface area (Å²) in [7, 11) is 1.62. The van der Waals surface area contributed by atoms with Crippen molar-refractivity contribution >= 4 is 23.4 Å². The van der Waals surface area contributed by atoms with Gasteiger partial charge in [0.1, 0.15) is 11.4 Å². The Labute approximate surface area is 142 Å². The Hall–Kier alpha value is -1.62. The Bertz CT molecular complexity index is 578. The molecule has 0 radical (unpaired) electrons. The number of aryl methyl sites for hydroxylation is 1. The lowest BCUT2D eigenvalue weighted by Crippen LogP contribution is -2.50. The molecule has 1 fully saturated rings. The van der Waals surface area contributed by atoms with Gasteiger partial charge in [-0.25, -0.2) is 4.79 Å². The molecule has 1 aromatic carbocycles. The van der Waals surface area contributed by atoms with E-state index in [1.807, 2.05) is 39.8 Å². The van der Waals surface area contributed by atoms with Crippen LogP contribution in [0.5, 0.6) is 5.75 Å². The van der Waals surface area contributed by atoms with Gasteiger partial charge >= 0.3 is 6.09 Å². The predicted octanol–water partition coefficient (Wildman–Crippen LogP) is 4.12. The van der Waals surface area contributed by atoms with E-state index in [4.69, 9.17) is 21.1 Å². The monoisotopic (exact) mass is 340 g/mol. The molecule has 1 saturated carbocycles. The second-order valence-electron chi connectivity index (χ2n) is 6.96. The Morgan fingerprint density at radius 3 is 2.48 bits per heavy atom. The number of anilines is 1. The summed E-state index contributed by atoms with van der Waals surface area (Å²) in [5.74, 6) is 0.726. The largest absolute Gasteiger partial charge is 0.495 e. The highest BCUT2D eigenvalue weighted by Gasteiger charge is 2.32. The van der Waals surface area contributed by atoms with Crippen molar-refractivity contribution in [2.24, 2.45) is 0 Å². The van der Waals surface area contributed by atoms with Crippen LogP contribution >= 0.6 is 11.6 Å². The molecule has 0 spiro atoms. The molecule has 1 amide bonds. The Morgan fingerprint density at radius 2 is 1.91 bits per heavy atom.